The van der Waals surface area contributed by atoms with E-state index < -0.39 is 0 Å². The van der Waals surface area contributed by atoms with E-state index in [1.807, 2.05) is 38.1 Å². The Morgan fingerprint density at radius 2 is 2.00 bits per heavy atom. The van der Waals surface area contributed by atoms with Gasteiger partial charge < -0.3 is 10.1 Å². The zero-order valence-corrected chi connectivity index (χ0v) is 11.7. The van der Waals surface area contributed by atoms with Crippen LogP contribution in [0.1, 0.15) is 45.2 Å². The third kappa shape index (κ3) is 3.76. The third-order valence-electron chi connectivity index (χ3n) is 3.13. The lowest BCUT2D eigenvalue weighted by Crippen LogP contribution is -2.31. The summed E-state index contributed by atoms with van der Waals surface area (Å²) in [6.45, 7) is 6.04. The van der Waals surface area contributed by atoms with Crippen LogP contribution in [0.2, 0.25) is 0 Å². The van der Waals surface area contributed by atoms with Crippen molar-refractivity contribution in [3.63, 3.8) is 0 Å². The van der Waals surface area contributed by atoms with Crippen molar-refractivity contribution in [3.05, 3.63) is 29.8 Å². The largest absolute Gasteiger partial charge is 0.496 e. The van der Waals surface area contributed by atoms with Gasteiger partial charge in [0.05, 0.1) is 13.2 Å². The molecule has 1 N–H and O–H groups in total. The number of carbonyl (C=O) groups is 1. The van der Waals surface area contributed by atoms with Gasteiger partial charge in [-0.25, -0.2) is 0 Å². The lowest BCUT2D eigenvalue weighted by molar-refractivity contribution is -0.125. The normalized spacial score (nSPS) is 13.8. The molecule has 0 heterocycles. The van der Waals surface area contributed by atoms with E-state index in [4.69, 9.17) is 4.74 Å². The molecule has 0 bridgehead atoms. The van der Waals surface area contributed by atoms with Crippen molar-refractivity contribution in [1.29, 1.82) is 0 Å². The molecule has 0 aliphatic heterocycles. The Morgan fingerprint density at radius 3 is 2.61 bits per heavy atom. The van der Waals surface area contributed by atoms with E-state index in [0.29, 0.717) is 0 Å². The van der Waals surface area contributed by atoms with E-state index >= 15 is 0 Å². The van der Waals surface area contributed by atoms with E-state index in [9.17, 15) is 4.79 Å². The van der Waals surface area contributed by atoms with Gasteiger partial charge in [-0.05, 0) is 19.4 Å². The van der Waals surface area contributed by atoms with E-state index in [-0.39, 0.29) is 17.9 Å². The maximum absolute atomic E-state index is 12.0. The molecule has 2 unspecified atom stereocenters. The molecule has 0 radical (unpaired) electrons. The molecule has 1 aromatic carbocycles. The Bertz CT molecular complexity index is 390. The molecule has 0 spiro atoms. The summed E-state index contributed by atoms with van der Waals surface area (Å²) in [5.74, 6) is 0.982. The van der Waals surface area contributed by atoms with Crippen LogP contribution in [0.3, 0.4) is 0 Å². The monoisotopic (exact) mass is 249 g/mol. The van der Waals surface area contributed by atoms with Gasteiger partial charge in [-0.15, -0.1) is 0 Å². The fourth-order valence-electron chi connectivity index (χ4n) is 2.02. The number of carbonyl (C=O) groups excluding carboxylic acids is 1. The fraction of sp³-hybridized carbons (Fsp3) is 0.533. The topological polar surface area (TPSA) is 38.3 Å². The summed E-state index contributed by atoms with van der Waals surface area (Å²) in [6, 6.07) is 7.74. The Morgan fingerprint density at radius 1 is 1.33 bits per heavy atom. The fourth-order valence-corrected chi connectivity index (χ4v) is 2.02. The number of ether oxygens (including phenoxy) is 1. The van der Waals surface area contributed by atoms with E-state index in [0.717, 1.165) is 24.2 Å². The van der Waals surface area contributed by atoms with Gasteiger partial charge in [0.25, 0.3) is 0 Å². The van der Waals surface area contributed by atoms with E-state index in [1.54, 1.807) is 7.11 Å². The van der Waals surface area contributed by atoms with E-state index in [1.165, 1.54) is 0 Å². The number of hydrogen-bond donors (Lipinski definition) is 1. The van der Waals surface area contributed by atoms with Crippen molar-refractivity contribution >= 4 is 5.91 Å². The van der Waals surface area contributed by atoms with Gasteiger partial charge in [0.2, 0.25) is 5.91 Å². The van der Waals surface area contributed by atoms with Crippen molar-refractivity contribution in [3.8, 4) is 5.75 Å². The van der Waals surface area contributed by atoms with Gasteiger partial charge in [-0.3, -0.25) is 4.79 Å². The SMILES string of the molecule is CCCC(C)C(=O)NC(C)c1ccccc1OC. The van der Waals surface area contributed by atoms with Crippen molar-refractivity contribution in [2.24, 2.45) is 5.92 Å². The molecule has 0 aliphatic carbocycles. The number of para-hydroxylation sites is 1. The van der Waals surface area contributed by atoms with Gasteiger partial charge in [0.15, 0.2) is 0 Å². The number of benzene rings is 1. The molecule has 1 rings (SSSR count). The molecule has 0 saturated heterocycles. The molecule has 1 amide bonds. The molecule has 3 nitrogen and oxygen atoms in total. The summed E-state index contributed by atoms with van der Waals surface area (Å²) in [5.41, 5.74) is 1.01. The number of methoxy groups -OCH3 is 1. The Balaban J connectivity index is 2.70. The second-order valence-electron chi connectivity index (χ2n) is 4.66. The summed E-state index contributed by atoms with van der Waals surface area (Å²) in [4.78, 5) is 12.0. The highest BCUT2D eigenvalue weighted by molar-refractivity contribution is 5.78. The summed E-state index contributed by atoms with van der Waals surface area (Å²) in [7, 11) is 1.65. The summed E-state index contributed by atoms with van der Waals surface area (Å²) in [6.07, 6.45) is 1.95. The quantitative estimate of drug-likeness (QED) is 0.840. The molecule has 100 valence electrons. The van der Waals surface area contributed by atoms with Crippen LogP contribution < -0.4 is 10.1 Å². The molecule has 3 heteroatoms. The highest BCUT2D eigenvalue weighted by Gasteiger charge is 2.17. The molecule has 18 heavy (non-hydrogen) atoms. The number of rotatable bonds is 6. The number of nitrogens with one attached hydrogen (secondary N) is 1. The van der Waals surface area contributed by atoms with Gasteiger partial charge >= 0.3 is 0 Å². The first-order valence-corrected chi connectivity index (χ1v) is 6.53. The van der Waals surface area contributed by atoms with Gasteiger partial charge in [-0.2, -0.15) is 0 Å². The van der Waals surface area contributed by atoms with Crippen molar-refractivity contribution < 1.29 is 9.53 Å². The van der Waals surface area contributed by atoms with Crippen LogP contribution >= 0.6 is 0 Å². The summed E-state index contributed by atoms with van der Waals surface area (Å²) < 4.78 is 5.30. The number of amides is 1. The van der Waals surface area contributed by atoms with Crippen LogP contribution in [-0.2, 0) is 4.79 Å². The molecule has 0 aliphatic rings. The Hall–Kier alpha value is -1.51. The first kappa shape index (κ1) is 14.6. The lowest BCUT2D eigenvalue weighted by Gasteiger charge is -2.19. The predicted molar refractivity (Wildman–Crippen MR) is 73.6 cm³/mol. The van der Waals surface area contributed by atoms with Crippen LogP contribution in [0.5, 0.6) is 5.75 Å². The smallest absolute Gasteiger partial charge is 0.223 e. The summed E-state index contributed by atoms with van der Waals surface area (Å²) in [5, 5.41) is 3.04. The van der Waals surface area contributed by atoms with Crippen molar-refractivity contribution in [1.82, 2.24) is 5.32 Å². The highest BCUT2D eigenvalue weighted by atomic mass is 16.5. The average molecular weight is 249 g/mol. The van der Waals surface area contributed by atoms with Gasteiger partial charge in [0.1, 0.15) is 5.75 Å². The first-order chi connectivity index (χ1) is 8.60. The minimum atomic E-state index is -0.0343. The average Bonchev–Trinajstić information content (AvgIpc) is 2.38. The lowest BCUT2D eigenvalue weighted by atomic mass is 10.0. The second kappa shape index (κ2) is 7.04. The minimum absolute atomic E-state index is 0.0343. The summed E-state index contributed by atoms with van der Waals surface area (Å²) >= 11 is 0. The van der Waals surface area contributed by atoms with Crippen LogP contribution in [0.25, 0.3) is 0 Å². The van der Waals surface area contributed by atoms with Crippen molar-refractivity contribution in [2.45, 2.75) is 39.7 Å². The van der Waals surface area contributed by atoms with Crippen molar-refractivity contribution in [2.75, 3.05) is 7.11 Å². The minimum Gasteiger partial charge on any atom is -0.496 e. The number of hydrogen-bond acceptors (Lipinski definition) is 2. The Kier molecular flexibility index (Phi) is 5.69. The van der Waals surface area contributed by atoms with E-state index in [2.05, 4.69) is 12.2 Å². The Labute approximate surface area is 110 Å². The molecule has 0 fully saturated rings. The molecule has 0 saturated carbocycles. The standard InChI is InChI=1S/C15H23NO2/c1-5-8-11(2)15(17)16-12(3)13-9-6-7-10-14(13)18-4/h6-7,9-12H,5,8H2,1-4H3,(H,16,17). The third-order valence-corrected chi connectivity index (χ3v) is 3.13. The molecule has 0 aromatic heterocycles. The first-order valence-electron chi connectivity index (χ1n) is 6.53. The zero-order chi connectivity index (χ0) is 13.5. The highest BCUT2D eigenvalue weighted by Crippen LogP contribution is 2.24. The van der Waals surface area contributed by atoms with Crippen LogP contribution in [0, 0.1) is 5.92 Å². The molecule has 2 atom stereocenters. The van der Waals surface area contributed by atoms with Crippen LogP contribution in [-0.4, -0.2) is 13.0 Å². The zero-order valence-electron chi connectivity index (χ0n) is 11.7. The van der Waals surface area contributed by atoms with Gasteiger partial charge in [-0.1, -0.05) is 38.5 Å². The maximum atomic E-state index is 12.0. The maximum Gasteiger partial charge on any atom is 0.223 e. The predicted octanol–water partition coefficient (Wildman–Crippen LogP) is 3.31. The van der Waals surface area contributed by atoms with Gasteiger partial charge in [0, 0.05) is 11.5 Å². The molecular formula is C15H23NO2. The molecule has 1 aromatic rings. The second-order valence-corrected chi connectivity index (χ2v) is 4.66. The molecular weight excluding hydrogens is 226 g/mol. The van der Waals surface area contributed by atoms with Crippen LogP contribution in [0.4, 0.5) is 0 Å². The van der Waals surface area contributed by atoms with Crippen LogP contribution in [0.15, 0.2) is 24.3 Å².